The average molecular weight is 276 g/mol. The van der Waals surface area contributed by atoms with Crippen LogP contribution in [0.15, 0.2) is 24.3 Å². The molecule has 1 aliphatic rings. The van der Waals surface area contributed by atoms with E-state index in [9.17, 15) is 4.79 Å². The van der Waals surface area contributed by atoms with Crippen LogP contribution in [0.4, 0.5) is 0 Å². The Morgan fingerprint density at radius 1 is 1.40 bits per heavy atom. The Labute approximate surface area is 120 Å². The molecule has 2 atom stereocenters. The van der Waals surface area contributed by atoms with Gasteiger partial charge in [-0.3, -0.25) is 4.79 Å². The molecule has 2 N–H and O–H groups in total. The zero-order valence-corrected chi connectivity index (χ0v) is 12.3. The smallest absolute Gasteiger partial charge is 0.251 e. The van der Waals surface area contributed by atoms with Gasteiger partial charge in [-0.25, -0.2) is 0 Å². The Kier molecular flexibility index (Phi) is 5.56. The molecule has 1 heterocycles. The minimum absolute atomic E-state index is 0.0378. The summed E-state index contributed by atoms with van der Waals surface area (Å²) in [6, 6.07) is 8.06. The lowest BCUT2D eigenvalue weighted by Gasteiger charge is -2.28. The SMILES string of the molecule is CNCCc1ccccc1C(=O)NC1CCOC(C)C1. The predicted octanol–water partition coefficient (Wildman–Crippen LogP) is 1.75. The van der Waals surface area contributed by atoms with Crippen molar-refractivity contribution in [1.29, 1.82) is 0 Å². The van der Waals surface area contributed by atoms with E-state index < -0.39 is 0 Å². The average Bonchev–Trinajstić information content (AvgIpc) is 2.45. The molecule has 1 fully saturated rings. The number of benzene rings is 1. The Morgan fingerprint density at radius 2 is 2.20 bits per heavy atom. The van der Waals surface area contributed by atoms with Gasteiger partial charge in [-0.05, 0) is 51.4 Å². The van der Waals surface area contributed by atoms with Gasteiger partial charge in [-0.1, -0.05) is 18.2 Å². The highest BCUT2D eigenvalue weighted by Crippen LogP contribution is 2.15. The number of carbonyl (C=O) groups excluding carboxylic acids is 1. The molecule has 1 amide bonds. The third-order valence-corrected chi connectivity index (χ3v) is 3.73. The van der Waals surface area contributed by atoms with Gasteiger partial charge in [0.2, 0.25) is 0 Å². The molecular formula is C16H24N2O2. The van der Waals surface area contributed by atoms with E-state index in [0.717, 1.165) is 43.5 Å². The normalized spacial score (nSPS) is 22.5. The van der Waals surface area contributed by atoms with E-state index in [1.54, 1.807) is 0 Å². The second kappa shape index (κ2) is 7.41. The highest BCUT2D eigenvalue weighted by atomic mass is 16.5. The minimum Gasteiger partial charge on any atom is -0.378 e. The molecule has 1 aromatic rings. The fourth-order valence-electron chi connectivity index (χ4n) is 2.61. The van der Waals surface area contributed by atoms with Crippen LogP contribution in [-0.2, 0) is 11.2 Å². The van der Waals surface area contributed by atoms with Crippen LogP contribution in [0.2, 0.25) is 0 Å². The number of amides is 1. The first-order chi connectivity index (χ1) is 9.70. The molecule has 20 heavy (non-hydrogen) atoms. The number of ether oxygens (including phenoxy) is 1. The van der Waals surface area contributed by atoms with Crippen molar-refractivity contribution in [2.75, 3.05) is 20.2 Å². The van der Waals surface area contributed by atoms with E-state index in [2.05, 4.69) is 17.6 Å². The number of hydrogen-bond donors (Lipinski definition) is 2. The third-order valence-electron chi connectivity index (χ3n) is 3.73. The molecule has 1 saturated heterocycles. The lowest BCUT2D eigenvalue weighted by Crippen LogP contribution is -2.41. The monoisotopic (exact) mass is 276 g/mol. The van der Waals surface area contributed by atoms with Crippen molar-refractivity contribution in [3.8, 4) is 0 Å². The molecule has 0 spiro atoms. The Bertz CT molecular complexity index is 448. The van der Waals surface area contributed by atoms with Gasteiger partial charge in [-0.15, -0.1) is 0 Å². The molecular weight excluding hydrogens is 252 g/mol. The Balaban J connectivity index is 2.01. The lowest BCUT2D eigenvalue weighted by atomic mass is 10.0. The maximum Gasteiger partial charge on any atom is 0.251 e. The van der Waals surface area contributed by atoms with Crippen LogP contribution < -0.4 is 10.6 Å². The zero-order chi connectivity index (χ0) is 14.4. The second-order valence-corrected chi connectivity index (χ2v) is 5.39. The fourth-order valence-corrected chi connectivity index (χ4v) is 2.61. The van der Waals surface area contributed by atoms with Crippen LogP contribution in [-0.4, -0.2) is 38.3 Å². The molecule has 0 aromatic heterocycles. The molecule has 4 heteroatoms. The molecule has 0 saturated carbocycles. The summed E-state index contributed by atoms with van der Waals surface area (Å²) in [5, 5.41) is 6.26. The van der Waals surface area contributed by atoms with E-state index >= 15 is 0 Å². The molecule has 4 nitrogen and oxygen atoms in total. The van der Waals surface area contributed by atoms with E-state index in [-0.39, 0.29) is 18.1 Å². The highest BCUT2D eigenvalue weighted by Gasteiger charge is 2.22. The van der Waals surface area contributed by atoms with Gasteiger partial charge in [0.05, 0.1) is 6.10 Å². The zero-order valence-electron chi connectivity index (χ0n) is 12.3. The van der Waals surface area contributed by atoms with Gasteiger partial charge in [0.1, 0.15) is 0 Å². The standard InChI is InChI=1S/C16H24N2O2/c1-12-11-14(8-10-20-12)18-16(19)15-6-4-3-5-13(15)7-9-17-2/h3-6,12,14,17H,7-11H2,1-2H3,(H,18,19). The van der Waals surface area contributed by atoms with Crippen molar-refractivity contribution in [3.63, 3.8) is 0 Å². The Hall–Kier alpha value is -1.39. The van der Waals surface area contributed by atoms with Crippen molar-refractivity contribution in [2.45, 2.75) is 38.3 Å². The summed E-state index contributed by atoms with van der Waals surface area (Å²) < 4.78 is 5.51. The number of nitrogens with one attached hydrogen (secondary N) is 2. The van der Waals surface area contributed by atoms with Gasteiger partial charge in [-0.2, -0.15) is 0 Å². The summed E-state index contributed by atoms with van der Waals surface area (Å²) >= 11 is 0. The quantitative estimate of drug-likeness (QED) is 0.861. The van der Waals surface area contributed by atoms with Crippen LogP contribution in [0.5, 0.6) is 0 Å². The molecule has 2 unspecified atom stereocenters. The summed E-state index contributed by atoms with van der Waals surface area (Å²) in [4.78, 5) is 12.4. The van der Waals surface area contributed by atoms with E-state index in [1.165, 1.54) is 0 Å². The first-order valence-corrected chi connectivity index (χ1v) is 7.35. The summed E-state index contributed by atoms with van der Waals surface area (Å²) in [7, 11) is 1.92. The number of carbonyl (C=O) groups is 1. The molecule has 2 rings (SSSR count). The first-order valence-electron chi connectivity index (χ1n) is 7.35. The van der Waals surface area contributed by atoms with Crippen molar-refractivity contribution >= 4 is 5.91 Å². The maximum atomic E-state index is 12.4. The molecule has 1 aliphatic heterocycles. The fraction of sp³-hybridized carbons (Fsp3) is 0.562. The Morgan fingerprint density at radius 3 is 2.95 bits per heavy atom. The topological polar surface area (TPSA) is 50.4 Å². The van der Waals surface area contributed by atoms with Gasteiger partial charge in [0.25, 0.3) is 5.91 Å². The van der Waals surface area contributed by atoms with Crippen LogP contribution in [0.1, 0.15) is 35.7 Å². The molecule has 110 valence electrons. The largest absolute Gasteiger partial charge is 0.378 e. The molecule has 0 aliphatic carbocycles. The molecule has 0 radical (unpaired) electrons. The van der Waals surface area contributed by atoms with Gasteiger partial charge in [0.15, 0.2) is 0 Å². The lowest BCUT2D eigenvalue weighted by molar-refractivity contribution is 0.0136. The summed E-state index contributed by atoms with van der Waals surface area (Å²) in [6.45, 7) is 3.66. The van der Waals surface area contributed by atoms with Gasteiger partial charge >= 0.3 is 0 Å². The maximum absolute atomic E-state index is 12.4. The van der Waals surface area contributed by atoms with Crippen LogP contribution in [0.25, 0.3) is 0 Å². The van der Waals surface area contributed by atoms with E-state index in [0.29, 0.717) is 0 Å². The van der Waals surface area contributed by atoms with Crippen LogP contribution >= 0.6 is 0 Å². The summed E-state index contributed by atoms with van der Waals surface area (Å²) in [6.07, 6.45) is 2.89. The molecule has 1 aromatic carbocycles. The number of hydrogen-bond acceptors (Lipinski definition) is 3. The van der Waals surface area contributed by atoms with Gasteiger partial charge < -0.3 is 15.4 Å². The van der Waals surface area contributed by atoms with Crippen molar-refractivity contribution in [1.82, 2.24) is 10.6 Å². The summed E-state index contributed by atoms with van der Waals surface area (Å²) in [5.74, 6) is 0.0378. The third kappa shape index (κ3) is 4.05. The highest BCUT2D eigenvalue weighted by molar-refractivity contribution is 5.95. The number of likely N-dealkylation sites (N-methyl/N-ethyl adjacent to an activating group) is 1. The summed E-state index contributed by atoms with van der Waals surface area (Å²) in [5.41, 5.74) is 1.89. The second-order valence-electron chi connectivity index (χ2n) is 5.39. The van der Waals surface area contributed by atoms with Crippen LogP contribution in [0, 0.1) is 0 Å². The predicted molar refractivity (Wildman–Crippen MR) is 80.0 cm³/mol. The number of rotatable bonds is 5. The molecule has 0 bridgehead atoms. The van der Waals surface area contributed by atoms with Crippen molar-refractivity contribution in [2.24, 2.45) is 0 Å². The van der Waals surface area contributed by atoms with E-state index in [4.69, 9.17) is 4.74 Å². The van der Waals surface area contributed by atoms with Crippen LogP contribution in [0.3, 0.4) is 0 Å². The van der Waals surface area contributed by atoms with E-state index in [1.807, 2.05) is 31.3 Å². The first kappa shape index (κ1) is 15.0. The minimum atomic E-state index is 0.0378. The van der Waals surface area contributed by atoms with Crippen molar-refractivity contribution < 1.29 is 9.53 Å². The van der Waals surface area contributed by atoms with Crippen molar-refractivity contribution in [3.05, 3.63) is 35.4 Å². The van der Waals surface area contributed by atoms with Gasteiger partial charge in [0, 0.05) is 18.2 Å².